The Bertz CT molecular complexity index is 1350. The van der Waals surface area contributed by atoms with Crippen molar-refractivity contribution in [3.63, 3.8) is 0 Å². The van der Waals surface area contributed by atoms with Crippen molar-refractivity contribution >= 4 is 47.4 Å². The van der Waals surface area contributed by atoms with E-state index in [0.29, 0.717) is 4.31 Å². The van der Waals surface area contributed by atoms with Gasteiger partial charge in [0.25, 0.3) is 10.0 Å². The maximum Gasteiger partial charge on any atom is 0.265 e. The first kappa shape index (κ1) is 23.0. The minimum Gasteiger partial charge on any atom is -0.495 e. The van der Waals surface area contributed by atoms with Crippen molar-refractivity contribution in [3.05, 3.63) is 42.5 Å². The molecule has 1 aliphatic rings. The minimum absolute atomic E-state index is 0.0262. The Morgan fingerprint density at radius 1 is 1.10 bits per heavy atom. The molecule has 0 aromatic heterocycles. The lowest BCUT2D eigenvalue weighted by atomic mass is 10.2. The van der Waals surface area contributed by atoms with Gasteiger partial charge in [0.1, 0.15) is 10.6 Å². The Kier molecular flexibility index (Phi) is 5.77. The normalized spacial score (nSPS) is 18.7. The smallest absolute Gasteiger partial charge is 0.265 e. The fourth-order valence-electron chi connectivity index (χ4n) is 3.01. The third-order valence-electron chi connectivity index (χ3n) is 4.47. The van der Waals surface area contributed by atoms with Gasteiger partial charge in [-0.1, -0.05) is 6.92 Å². The fourth-order valence-corrected chi connectivity index (χ4v) is 6.59. The first-order chi connectivity index (χ1) is 14.3. The quantitative estimate of drug-likeness (QED) is 0.589. The number of carbonyl (C=O) groups excluding carboxylic acids is 1. The number of primary sulfonamides is 1. The molecule has 3 N–H and O–H groups in total. The number of rotatable bonds is 6. The average molecular weight is 490 g/mol. The Morgan fingerprint density at radius 2 is 1.71 bits per heavy atom. The van der Waals surface area contributed by atoms with E-state index in [4.69, 9.17) is 9.88 Å². The Balaban J connectivity index is 2.03. The number of nitrogens with two attached hydrogens (primary N) is 1. The van der Waals surface area contributed by atoms with E-state index in [-0.39, 0.29) is 27.8 Å². The van der Waals surface area contributed by atoms with Gasteiger partial charge in [0.2, 0.25) is 26.0 Å². The summed E-state index contributed by atoms with van der Waals surface area (Å²) >= 11 is 0. The number of ether oxygens (including phenoxy) is 1. The molecule has 14 heteroatoms. The van der Waals surface area contributed by atoms with Crippen molar-refractivity contribution in [1.82, 2.24) is 0 Å². The molecule has 1 fully saturated rings. The van der Waals surface area contributed by atoms with Crippen LogP contribution in [-0.4, -0.2) is 44.0 Å². The van der Waals surface area contributed by atoms with Crippen molar-refractivity contribution < 1.29 is 34.8 Å². The zero-order chi connectivity index (χ0) is 23.2. The summed E-state index contributed by atoms with van der Waals surface area (Å²) in [6, 6.07) is 8.17. The summed E-state index contributed by atoms with van der Waals surface area (Å²) in [4.78, 5) is 11.7. The number of amides is 1. The molecule has 2 aromatic rings. The van der Waals surface area contributed by atoms with Crippen LogP contribution in [-0.2, 0) is 34.9 Å². The van der Waals surface area contributed by atoms with Gasteiger partial charge in [-0.3, -0.25) is 9.52 Å². The summed E-state index contributed by atoms with van der Waals surface area (Å²) in [7, 11) is -11.0. The Morgan fingerprint density at radius 3 is 2.19 bits per heavy atom. The van der Waals surface area contributed by atoms with Crippen LogP contribution >= 0.6 is 0 Å². The molecule has 1 aliphatic heterocycles. The Hall–Kier alpha value is -2.68. The number of sulfonamides is 3. The predicted molar refractivity (Wildman–Crippen MR) is 112 cm³/mol. The van der Waals surface area contributed by atoms with E-state index in [1.807, 2.05) is 0 Å². The van der Waals surface area contributed by atoms with Crippen LogP contribution in [0.25, 0.3) is 0 Å². The van der Waals surface area contributed by atoms with E-state index < -0.39 is 46.8 Å². The van der Waals surface area contributed by atoms with Crippen molar-refractivity contribution in [3.8, 4) is 5.75 Å². The van der Waals surface area contributed by atoms with Crippen molar-refractivity contribution in [2.75, 3.05) is 21.9 Å². The molecule has 1 saturated heterocycles. The number of nitrogens with zero attached hydrogens (tertiary/aromatic N) is 1. The van der Waals surface area contributed by atoms with E-state index in [0.717, 1.165) is 18.2 Å². The second-order valence-electron chi connectivity index (χ2n) is 6.79. The number of benzene rings is 2. The molecular formula is C17H19N3O8S3. The Labute approximate surface area is 180 Å². The van der Waals surface area contributed by atoms with Crippen LogP contribution in [0.1, 0.15) is 6.92 Å². The van der Waals surface area contributed by atoms with Gasteiger partial charge in [-0.05, 0) is 42.5 Å². The van der Waals surface area contributed by atoms with Crippen molar-refractivity contribution in [1.29, 1.82) is 0 Å². The van der Waals surface area contributed by atoms with Crippen LogP contribution in [0.15, 0.2) is 52.3 Å². The maximum absolute atomic E-state index is 13.0. The third-order valence-corrected chi connectivity index (χ3v) is 8.67. The van der Waals surface area contributed by atoms with Gasteiger partial charge in [-0.25, -0.2) is 34.7 Å². The molecule has 1 amide bonds. The highest BCUT2D eigenvalue weighted by Gasteiger charge is 2.42. The monoisotopic (exact) mass is 489 g/mol. The van der Waals surface area contributed by atoms with Gasteiger partial charge in [0.05, 0.1) is 29.4 Å². The summed E-state index contributed by atoms with van der Waals surface area (Å²) in [6.45, 7) is 1.47. The second-order valence-corrected chi connectivity index (χ2v) is 11.9. The highest BCUT2D eigenvalue weighted by atomic mass is 32.2. The number of carbonyl (C=O) groups is 1. The zero-order valence-electron chi connectivity index (χ0n) is 16.3. The summed E-state index contributed by atoms with van der Waals surface area (Å²) in [5.41, 5.74) is -0.113. The van der Waals surface area contributed by atoms with E-state index in [9.17, 15) is 30.0 Å². The van der Waals surface area contributed by atoms with Gasteiger partial charge in [-0.15, -0.1) is 0 Å². The fraction of sp³-hybridized carbons (Fsp3) is 0.235. The van der Waals surface area contributed by atoms with Crippen LogP contribution < -0.4 is 18.9 Å². The number of hydrogen-bond acceptors (Lipinski definition) is 8. The standard InChI is InChI=1S/C17H19N3O8S3/c1-11-10-29(22,23)20(17(11)21)13-5-8-15(28-2)16(9-13)31(26,27)19-12-3-6-14(7-4-12)30(18,24)25/h3-9,11,19H,10H2,1-2H3,(H2,18,24,25)/t11-/m1/s1. The third kappa shape index (κ3) is 4.51. The molecule has 0 unspecified atom stereocenters. The minimum atomic E-state index is -4.31. The average Bonchev–Trinajstić information content (AvgIpc) is 2.87. The predicted octanol–water partition coefficient (Wildman–Crippen LogP) is 0.456. The first-order valence-electron chi connectivity index (χ1n) is 8.67. The van der Waals surface area contributed by atoms with Crippen LogP contribution in [0.4, 0.5) is 11.4 Å². The summed E-state index contributed by atoms with van der Waals surface area (Å²) in [6.07, 6.45) is 0. The summed E-state index contributed by atoms with van der Waals surface area (Å²) < 4.78 is 81.2. The number of methoxy groups -OCH3 is 1. The van der Waals surface area contributed by atoms with Gasteiger partial charge in [0, 0.05) is 5.69 Å². The molecule has 168 valence electrons. The molecule has 0 aliphatic carbocycles. The lowest BCUT2D eigenvalue weighted by molar-refractivity contribution is -0.119. The lowest BCUT2D eigenvalue weighted by Crippen LogP contribution is -2.30. The van der Waals surface area contributed by atoms with Crippen LogP contribution in [0.3, 0.4) is 0 Å². The van der Waals surface area contributed by atoms with Gasteiger partial charge < -0.3 is 4.74 Å². The number of hydrogen-bond donors (Lipinski definition) is 2. The highest BCUT2D eigenvalue weighted by molar-refractivity contribution is 7.94. The van der Waals surface area contributed by atoms with Crippen molar-refractivity contribution in [2.45, 2.75) is 16.7 Å². The molecule has 2 aromatic carbocycles. The molecule has 0 radical (unpaired) electrons. The largest absolute Gasteiger partial charge is 0.495 e. The molecule has 11 nitrogen and oxygen atoms in total. The van der Waals surface area contributed by atoms with Gasteiger partial charge >= 0.3 is 0 Å². The van der Waals surface area contributed by atoms with Crippen molar-refractivity contribution in [2.24, 2.45) is 11.1 Å². The molecule has 3 rings (SSSR count). The molecular weight excluding hydrogens is 470 g/mol. The van der Waals surface area contributed by atoms with Gasteiger partial charge in [0.15, 0.2) is 0 Å². The van der Waals surface area contributed by atoms with Gasteiger partial charge in [-0.2, -0.15) is 0 Å². The summed E-state index contributed by atoms with van der Waals surface area (Å²) in [5.74, 6) is -1.90. The lowest BCUT2D eigenvalue weighted by Gasteiger charge is -2.18. The van der Waals surface area contributed by atoms with E-state index in [2.05, 4.69) is 4.72 Å². The molecule has 0 bridgehead atoms. The topological polar surface area (TPSA) is 170 Å². The number of anilines is 2. The second kappa shape index (κ2) is 7.78. The molecule has 0 spiro atoms. The molecule has 1 atom stereocenters. The molecule has 0 saturated carbocycles. The zero-order valence-corrected chi connectivity index (χ0v) is 18.8. The maximum atomic E-state index is 13.0. The molecule has 31 heavy (non-hydrogen) atoms. The van der Waals surface area contributed by atoms with Crippen LogP contribution in [0.5, 0.6) is 5.75 Å². The van der Waals surface area contributed by atoms with E-state index >= 15 is 0 Å². The van der Waals surface area contributed by atoms with Crippen LogP contribution in [0, 0.1) is 5.92 Å². The van der Waals surface area contributed by atoms with E-state index in [1.165, 1.54) is 38.3 Å². The van der Waals surface area contributed by atoms with Crippen LogP contribution in [0.2, 0.25) is 0 Å². The first-order valence-corrected chi connectivity index (χ1v) is 13.3. The summed E-state index contributed by atoms with van der Waals surface area (Å²) in [5, 5.41) is 5.02. The number of nitrogens with one attached hydrogen (secondary N) is 1. The highest BCUT2D eigenvalue weighted by Crippen LogP contribution is 2.34. The SMILES string of the molecule is COc1ccc(N2C(=O)[C@H](C)CS2(=O)=O)cc1S(=O)(=O)Nc1ccc(S(N)(=O)=O)cc1. The molecule has 1 heterocycles. The van der Waals surface area contributed by atoms with E-state index in [1.54, 1.807) is 0 Å².